The average molecular weight is 181 g/mol. The highest BCUT2D eigenvalue weighted by atomic mass is 19.4. The Labute approximate surface area is 68.3 Å². The maximum absolute atomic E-state index is 11.8. The van der Waals surface area contributed by atoms with Gasteiger partial charge in [-0.15, -0.1) is 0 Å². The van der Waals surface area contributed by atoms with Crippen molar-refractivity contribution in [3.63, 3.8) is 0 Å². The third-order valence-corrected chi connectivity index (χ3v) is 1.79. The van der Waals surface area contributed by atoms with Crippen LogP contribution in [0.25, 0.3) is 0 Å². The van der Waals surface area contributed by atoms with Crippen molar-refractivity contribution in [3.05, 3.63) is 0 Å². The minimum atomic E-state index is -4.26. The average Bonchev–Trinajstić information content (AvgIpc) is 1.91. The van der Waals surface area contributed by atoms with Crippen LogP contribution in [-0.4, -0.2) is 30.1 Å². The number of carbonyl (C=O) groups excluding carboxylic acids is 1. The Kier molecular flexibility index (Phi) is 2.59. The molecule has 0 aliphatic carbocycles. The molecule has 1 aliphatic rings. The van der Waals surface area contributed by atoms with Crippen molar-refractivity contribution < 1.29 is 18.0 Å². The molecule has 5 heteroatoms. The van der Waals surface area contributed by atoms with Crippen molar-refractivity contribution in [2.45, 2.75) is 25.4 Å². The second-order valence-electron chi connectivity index (χ2n) is 2.89. The van der Waals surface area contributed by atoms with E-state index in [0.29, 0.717) is 12.8 Å². The molecule has 1 heterocycles. The summed E-state index contributed by atoms with van der Waals surface area (Å²) in [4.78, 5) is 11.8. The van der Waals surface area contributed by atoms with E-state index < -0.39 is 12.7 Å². The molecule has 0 radical (unpaired) electrons. The Morgan fingerprint density at radius 1 is 1.33 bits per heavy atom. The van der Waals surface area contributed by atoms with Gasteiger partial charge in [0.1, 0.15) is 6.54 Å². The summed E-state index contributed by atoms with van der Waals surface area (Å²) in [6.45, 7) is -0.843. The van der Waals surface area contributed by atoms with Gasteiger partial charge in [0.2, 0.25) is 5.91 Å². The molecule has 0 atom stereocenters. The van der Waals surface area contributed by atoms with Crippen molar-refractivity contribution in [1.82, 2.24) is 4.90 Å². The molecule has 1 amide bonds. The number of amides is 1. The van der Waals surface area contributed by atoms with Gasteiger partial charge in [-0.1, -0.05) is 0 Å². The predicted octanol–water partition coefficient (Wildman–Crippen LogP) is 1.56. The molecule has 0 bridgehead atoms. The smallest absolute Gasteiger partial charge is 0.334 e. The Hall–Kier alpha value is -0.740. The van der Waals surface area contributed by atoms with Crippen molar-refractivity contribution in [3.8, 4) is 0 Å². The van der Waals surface area contributed by atoms with Crippen molar-refractivity contribution in [2.75, 3.05) is 13.1 Å². The normalized spacial score (nSPS) is 19.9. The molecule has 1 aliphatic heterocycles. The van der Waals surface area contributed by atoms with E-state index in [2.05, 4.69) is 0 Å². The van der Waals surface area contributed by atoms with Gasteiger partial charge in [0, 0.05) is 13.0 Å². The van der Waals surface area contributed by atoms with Gasteiger partial charge in [-0.2, -0.15) is 13.2 Å². The molecule has 0 saturated carbocycles. The third-order valence-electron chi connectivity index (χ3n) is 1.79. The lowest BCUT2D eigenvalue weighted by atomic mass is 10.1. The number of hydrogen-bond acceptors (Lipinski definition) is 1. The fraction of sp³-hybridized carbons (Fsp3) is 0.857. The topological polar surface area (TPSA) is 20.3 Å². The van der Waals surface area contributed by atoms with Crippen LogP contribution in [0.5, 0.6) is 0 Å². The lowest BCUT2D eigenvalue weighted by Crippen LogP contribution is -2.41. The summed E-state index contributed by atoms with van der Waals surface area (Å²) in [6, 6.07) is 0. The van der Waals surface area contributed by atoms with Gasteiger partial charge in [-0.05, 0) is 12.8 Å². The largest absolute Gasteiger partial charge is 0.406 e. The summed E-state index contributed by atoms with van der Waals surface area (Å²) in [5.74, 6) is -0.376. The van der Waals surface area contributed by atoms with Crippen LogP contribution in [0.3, 0.4) is 0 Å². The van der Waals surface area contributed by atoms with E-state index in [0.717, 1.165) is 4.90 Å². The molecule has 0 aromatic rings. The summed E-state index contributed by atoms with van der Waals surface area (Å²) in [7, 11) is 0. The van der Waals surface area contributed by atoms with Crippen LogP contribution in [0.4, 0.5) is 13.2 Å². The van der Waals surface area contributed by atoms with Gasteiger partial charge >= 0.3 is 6.18 Å². The van der Waals surface area contributed by atoms with E-state index in [4.69, 9.17) is 0 Å². The van der Waals surface area contributed by atoms with Gasteiger partial charge in [0.25, 0.3) is 0 Å². The molecule has 1 saturated heterocycles. The Bertz CT molecular complexity index is 178. The monoisotopic (exact) mass is 181 g/mol. The summed E-state index contributed by atoms with van der Waals surface area (Å²) < 4.78 is 35.5. The summed E-state index contributed by atoms with van der Waals surface area (Å²) in [5, 5.41) is 0. The minimum Gasteiger partial charge on any atom is -0.334 e. The molecule has 1 rings (SSSR count). The van der Waals surface area contributed by atoms with Crippen LogP contribution in [0.2, 0.25) is 0 Å². The number of rotatable bonds is 1. The SMILES string of the molecule is O=C1CCCCN1CC(F)(F)F. The molecule has 0 spiro atoms. The molecular formula is C7H10F3NO. The highest BCUT2D eigenvalue weighted by molar-refractivity contribution is 5.76. The molecule has 1 fully saturated rings. The van der Waals surface area contributed by atoms with E-state index >= 15 is 0 Å². The van der Waals surface area contributed by atoms with Crippen LogP contribution in [0, 0.1) is 0 Å². The highest BCUT2D eigenvalue weighted by Crippen LogP contribution is 2.19. The maximum Gasteiger partial charge on any atom is 0.406 e. The summed E-state index contributed by atoms with van der Waals surface area (Å²) in [6.07, 6.45) is -2.60. The molecule has 2 nitrogen and oxygen atoms in total. The zero-order valence-electron chi connectivity index (χ0n) is 6.52. The first kappa shape index (κ1) is 9.35. The van der Waals surface area contributed by atoms with Crippen molar-refractivity contribution >= 4 is 5.91 Å². The number of piperidine rings is 1. The molecule has 0 aromatic heterocycles. The number of hydrogen-bond donors (Lipinski definition) is 0. The fourth-order valence-electron chi connectivity index (χ4n) is 1.25. The van der Waals surface area contributed by atoms with Gasteiger partial charge in [-0.3, -0.25) is 4.79 Å². The summed E-state index contributed by atoms with van der Waals surface area (Å²) in [5.41, 5.74) is 0. The van der Waals surface area contributed by atoms with E-state index in [1.807, 2.05) is 0 Å². The van der Waals surface area contributed by atoms with Crippen LogP contribution >= 0.6 is 0 Å². The Balaban J connectivity index is 2.45. The van der Waals surface area contributed by atoms with Crippen LogP contribution in [0.1, 0.15) is 19.3 Å². The molecule has 70 valence electrons. The highest BCUT2D eigenvalue weighted by Gasteiger charge is 2.33. The quantitative estimate of drug-likeness (QED) is 0.601. The Morgan fingerprint density at radius 2 is 2.00 bits per heavy atom. The third kappa shape index (κ3) is 2.71. The van der Waals surface area contributed by atoms with Gasteiger partial charge in [0.05, 0.1) is 0 Å². The second kappa shape index (κ2) is 3.33. The van der Waals surface area contributed by atoms with Crippen LogP contribution in [0.15, 0.2) is 0 Å². The van der Waals surface area contributed by atoms with Gasteiger partial charge in [0.15, 0.2) is 0 Å². The lowest BCUT2D eigenvalue weighted by Gasteiger charge is -2.27. The standard InChI is InChI=1S/C7H10F3NO/c8-7(9,10)5-11-4-2-1-3-6(11)12/h1-5H2. The second-order valence-corrected chi connectivity index (χ2v) is 2.89. The van der Waals surface area contributed by atoms with E-state index in [1.54, 1.807) is 0 Å². The number of likely N-dealkylation sites (tertiary alicyclic amines) is 1. The molecule has 0 N–H and O–H groups in total. The number of halogens is 3. The molecule has 0 unspecified atom stereocenters. The van der Waals surface area contributed by atoms with Gasteiger partial charge < -0.3 is 4.90 Å². The maximum atomic E-state index is 11.8. The number of nitrogens with zero attached hydrogens (tertiary/aromatic N) is 1. The van der Waals surface area contributed by atoms with E-state index in [1.165, 1.54) is 0 Å². The van der Waals surface area contributed by atoms with Crippen molar-refractivity contribution in [2.24, 2.45) is 0 Å². The first-order chi connectivity index (χ1) is 5.49. The van der Waals surface area contributed by atoms with Crippen LogP contribution in [-0.2, 0) is 4.79 Å². The first-order valence-corrected chi connectivity index (χ1v) is 3.83. The molecule has 0 aromatic carbocycles. The minimum absolute atomic E-state index is 0.248. The number of carbonyl (C=O) groups is 1. The lowest BCUT2D eigenvalue weighted by molar-refractivity contribution is -0.163. The zero-order chi connectivity index (χ0) is 9.19. The van der Waals surface area contributed by atoms with Crippen molar-refractivity contribution in [1.29, 1.82) is 0 Å². The molecule has 12 heavy (non-hydrogen) atoms. The summed E-state index contributed by atoms with van der Waals surface area (Å²) >= 11 is 0. The van der Waals surface area contributed by atoms with Crippen LogP contribution < -0.4 is 0 Å². The fourth-order valence-corrected chi connectivity index (χ4v) is 1.25. The predicted molar refractivity (Wildman–Crippen MR) is 36.5 cm³/mol. The first-order valence-electron chi connectivity index (χ1n) is 3.83. The Morgan fingerprint density at radius 3 is 2.50 bits per heavy atom. The zero-order valence-corrected chi connectivity index (χ0v) is 6.52. The molecular weight excluding hydrogens is 171 g/mol. The number of alkyl halides is 3. The van der Waals surface area contributed by atoms with E-state index in [-0.39, 0.29) is 18.9 Å². The van der Waals surface area contributed by atoms with Gasteiger partial charge in [-0.25, -0.2) is 0 Å². The van der Waals surface area contributed by atoms with E-state index in [9.17, 15) is 18.0 Å².